The highest BCUT2D eigenvalue weighted by atomic mass is 19.3. The Morgan fingerprint density at radius 2 is 1.76 bits per heavy atom. The maximum absolute atomic E-state index is 14.5. The molecule has 196 valence electrons. The topological polar surface area (TPSA) is 82.8 Å². The van der Waals surface area contributed by atoms with Gasteiger partial charge in [-0.15, -0.1) is 0 Å². The molecular weight excluding hydrogens is 476 g/mol. The highest BCUT2D eigenvalue weighted by Gasteiger charge is 2.54. The molecule has 9 heteroatoms. The van der Waals surface area contributed by atoms with Gasteiger partial charge in [0, 0.05) is 43.7 Å². The number of aromatic nitrogens is 5. The van der Waals surface area contributed by atoms with E-state index in [9.17, 15) is 13.6 Å². The molecule has 0 spiro atoms. The van der Waals surface area contributed by atoms with Gasteiger partial charge in [0.25, 0.3) is 0 Å². The third-order valence-corrected chi connectivity index (χ3v) is 8.98. The summed E-state index contributed by atoms with van der Waals surface area (Å²) in [6.45, 7) is 5.44. The minimum atomic E-state index is -2.71. The highest BCUT2D eigenvalue weighted by Crippen LogP contribution is 2.59. The first-order valence-electron chi connectivity index (χ1n) is 13.3. The Balaban J connectivity index is 1.40. The standard InChI is InChI=1S/C28H33F2N5O2/c1-14-15(2)32-27-25(31-14)24(20-12-21(28(3,29)30)19-9-18(20)10-19)33-26(34-27)16-7-8-37-22(11-16)17-5-6-23(36)35(4)13-17/h5-6,13,16,18-22H,7-12H2,1-4H3/t16-,18?,19?,20?,21?,22+/m0/s1. The first-order valence-corrected chi connectivity index (χ1v) is 13.3. The van der Waals surface area contributed by atoms with Crippen molar-refractivity contribution in [1.29, 1.82) is 0 Å². The van der Waals surface area contributed by atoms with E-state index < -0.39 is 11.8 Å². The van der Waals surface area contributed by atoms with Crippen LogP contribution in [0.25, 0.3) is 11.2 Å². The number of hydrogen-bond donors (Lipinski definition) is 0. The van der Waals surface area contributed by atoms with Crippen LogP contribution >= 0.6 is 0 Å². The van der Waals surface area contributed by atoms with Crippen LogP contribution < -0.4 is 5.56 Å². The second-order valence-electron chi connectivity index (χ2n) is 11.4. The van der Waals surface area contributed by atoms with Crippen LogP contribution in [0.5, 0.6) is 0 Å². The molecule has 0 N–H and O–H groups in total. The van der Waals surface area contributed by atoms with E-state index in [1.165, 1.54) is 0 Å². The average Bonchev–Trinajstić information content (AvgIpc) is 2.84. The van der Waals surface area contributed by atoms with Crippen LogP contribution in [0.4, 0.5) is 8.78 Å². The van der Waals surface area contributed by atoms with Crippen molar-refractivity contribution in [3.63, 3.8) is 0 Å². The summed E-state index contributed by atoms with van der Waals surface area (Å²) in [7, 11) is 1.73. The number of pyridine rings is 1. The lowest BCUT2D eigenvalue weighted by Gasteiger charge is -2.52. The lowest BCUT2D eigenvalue weighted by Crippen LogP contribution is -2.47. The van der Waals surface area contributed by atoms with Gasteiger partial charge in [0.1, 0.15) is 11.3 Å². The fraction of sp³-hybridized carbons (Fsp3) is 0.607. The van der Waals surface area contributed by atoms with Crippen molar-refractivity contribution in [2.45, 2.75) is 76.7 Å². The number of nitrogens with zero attached hydrogens (tertiary/aromatic N) is 5. The summed E-state index contributed by atoms with van der Waals surface area (Å²) in [4.78, 5) is 31.4. The van der Waals surface area contributed by atoms with E-state index in [1.807, 2.05) is 26.1 Å². The number of halogens is 2. The Bertz CT molecular complexity index is 1410. The van der Waals surface area contributed by atoms with Crippen molar-refractivity contribution in [3.05, 3.63) is 57.2 Å². The van der Waals surface area contributed by atoms with Crippen molar-refractivity contribution in [2.75, 3.05) is 6.61 Å². The predicted molar refractivity (Wildman–Crippen MR) is 135 cm³/mol. The molecule has 1 aliphatic heterocycles. The molecule has 7 nitrogen and oxygen atoms in total. The number of alkyl halides is 2. The molecule has 4 aliphatic rings. The van der Waals surface area contributed by atoms with E-state index in [4.69, 9.17) is 24.7 Å². The summed E-state index contributed by atoms with van der Waals surface area (Å²) in [5.74, 6) is -2.23. The molecule has 4 heterocycles. The minimum absolute atomic E-state index is 0.0312. The normalized spacial score (nSPS) is 29.8. The lowest BCUT2D eigenvalue weighted by atomic mass is 9.53. The van der Waals surface area contributed by atoms with Crippen LogP contribution in [0.3, 0.4) is 0 Å². The molecule has 3 saturated carbocycles. The lowest BCUT2D eigenvalue weighted by molar-refractivity contribution is -0.124. The molecule has 2 bridgehead atoms. The Morgan fingerprint density at radius 3 is 2.49 bits per heavy atom. The first-order chi connectivity index (χ1) is 17.6. The Labute approximate surface area is 214 Å². The maximum Gasteiger partial charge on any atom is 0.250 e. The third-order valence-electron chi connectivity index (χ3n) is 8.98. The monoisotopic (exact) mass is 509 g/mol. The fourth-order valence-electron chi connectivity index (χ4n) is 6.64. The first kappa shape index (κ1) is 24.5. The molecule has 7 rings (SSSR count). The van der Waals surface area contributed by atoms with Gasteiger partial charge in [-0.25, -0.2) is 28.7 Å². The largest absolute Gasteiger partial charge is 0.373 e. The van der Waals surface area contributed by atoms with Crippen molar-refractivity contribution in [1.82, 2.24) is 24.5 Å². The number of fused-ring (bicyclic) bond motifs is 3. The van der Waals surface area contributed by atoms with Crippen LogP contribution in [-0.2, 0) is 11.8 Å². The summed E-state index contributed by atoms with van der Waals surface area (Å²) >= 11 is 0. The molecule has 3 aromatic heterocycles. The molecule has 0 aromatic carbocycles. The molecule has 2 unspecified atom stereocenters. The van der Waals surface area contributed by atoms with Crippen molar-refractivity contribution < 1.29 is 13.5 Å². The van der Waals surface area contributed by atoms with Gasteiger partial charge in [0.05, 0.1) is 23.2 Å². The number of rotatable bonds is 4. The van der Waals surface area contributed by atoms with Crippen molar-refractivity contribution in [3.8, 4) is 0 Å². The van der Waals surface area contributed by atoms with Crippen LogP contribution in [0.2, 0.25) is 0 Å². The molecule has 1 saturated heterocycles. The van der Waals surface area contributed by atoms with E-state index in [0.717, 1.165) is 48.8 Å². The van der Waals surface area contributed by atoms with Crippen LogP contribution in [0.1, 0.15) is 85.4 Å². The maximum atomic E-state index is 14.5. The van der Waals surface area contributed by atoms with Crippen LogP contribution in [0.15, 0.2) is 23.1 Å². The van der Waals surface area contributed by atoms with Crippen LogP contribution in [-0.4, -0.2) is 37.0 Å². The fourth-order valence-corrected chi connectivity index (χ4v) is 6.64. The van der Waals surface area contributed by atoms with E-state index in [0.29, 0.717) is 42.4 Å². The molecule has 3 aliphatic carbocycles. The van der Waals surface area contributed by atoms with Crippen molar-refractivity contribution >= 4 is 11.2 Å². The summed E-state index contributed by atoms with van der Waals surface area (Å²) in [5.41, 5.74) is 4.49. The highest BCUT2D eigenvalue weighted by molar-refractivity contribution is 5.73. The zero-order chi connectivity index (χ0) is 26.1. The van der Waals surface area contributed by atoms with Gasteiger partial charge < -0.3 is 9.30 Å². The van der Waals surface area contributed by atoms with Crippen molar-refractivity contribution in [2.24, 2.45) is 24.8 Å². The smallest absolute Gasteiger partial charge is 0.250 e. The zero-order valence-electron chi connectivity index (χ0n) is 21.7. The summed E-state index contributed by atoms with van der Waals surface area (Å²) in [6.07, 6.45) is 5.15. The molecule has 0 amide bonds. The predicted octanol–water partition coefficient (Wildman–Crippen LogP) is 5.16. The van der Waals surface area contributed by atoms with E-state index in [-0.39, 0.29) is 29.4 Å². The average molecular weight is 510 g/mol. The SMILES string of the molecule is Cc1nc2nc([C@H]3CCO[C@@H](c4ccc(=O)n(C)c4)C3)nc(C3CC(C(C)(F)F)C4CC3C4)c2nc1C. The van der Waals surface area contributed by atoms with E-state index in [1.54, 1.807) is 17.7 Å². The Kier molecular flexibility index (Phi) is 5.89. The summed E-state index contributed by atoms with van der Waals surface area (Å²) in [6, 6.07) is 3.38. The number of hydrogen-bond acceptors (Lipinski definition) is 6. The quantitative estimate of drug-likeness (QED) is 0.483. The zero-order valence-corrected chi connectivity index (χ0v) is 21.7. The number of ether oxygens (including phenoxy) is 1. The molecule has 4 fully saturated rings. The van der Waals surface area contributed by atoms with Gasteiger partial charge in [-0.05, 0) is 76.3 Å². The van der Waals surface area contributed by atoms with E-state index in [2.05, 4.69) is 0 Å². The minimum Gasteiger partial charge on any atom is -0.373 e. The molecule has 37 heavy (non-hydrogen) atoms. The Morgan fingerprint density at radius 1 is 1.00 bits per heavy atom. The van der Waals surface area contributed by atoms with Gasteiger partial charge in [-0.3, -0.25) is 4.79 Å². The van der Waals surface area contributed by atoms with E-state index >= 15 is 0 Å². The third kappa shape index (κ3) is 4.35. The molecule has 4 atom stereocenters. The summed E-state index contributed by atoms with van der Waals surface area (Å²) in [5, 5.41) is 0. The number of aryl methyl sites for hydroxylation is 3. The second kappa shape index (κ2) is 8.89. The molecule has 0 radical (unpaired) electrons. The second-order valence-corrected chi connectivity index (χ2v) is 11.4. The molecule has 3 aromatic rings. The van der Waals surface area contributed by atoms with Gasteiger partial charge >= 0.3 is 0 Å². The summed E-state index contributed by atoms with van der Waals surface area (Å²) < 4.78 is 36.7. The van der Waals surface area contributed by atoms with Gasteiger partial charge in [-0.1, -0.05) is 0 Å². The van der Waals surface area contributed by atoms with Gasteiger partial charge in [0.15, 0.2) is 5.65 Å². The Hall–Kier alpha value is -2.81. The molecular formula is C28H33F2N5O2. The van der Waals surface area contributed by atoms with Crippen LogP contribution in [0, 0.1) is 31.6 Å². The van der Waals surface area contributed by atoms with Gasteiger partial charge in [0.2, 0.25) is 11.5 Å². The van der Waals surface area contributed by atoms with Gasteiger partial charge in [-0.2, -0.15) is 0 Å².